The number of nitrogens with one attached hydrogen (secondary N) is 4. The van der Waals surface area contributed by atoms with Gasteiger partial charge in [0.25, 0.3) is 0 Å². The monoisotopic (exact) mass is 440 g/mol. The highest BCUT2D eigenvalue weighted by Gasteiger charge is 2.13. The van der Waals surface area contributed by atoms with Gasteiger partial charge in [-0.2, -0.15) is 0 Å². The Morgan fingerprint density at radius 3 is 1.91 bits per heavy atom. The summed E-state index contributed by atoms with van der Waals surface area (Å²) in [5.41, 5.74) is 2.71. The first-order chi connectivity index (χ1) is 16.4. The van der Waals surface area contributed by atoms with Crippen molar-refractivity contribution >= 4 is 11.6 Å². The Labute approximate surface area is 188 Å². The molecule has 0 fully saturated rings. The first kappa shape index (κ1) is 20.1. The number of imidazole rings is 2. The van der Waals surface area contributed by atoms with Gasteiger partial charge in [-0.1, -0.05) is 30.3 Å². The molecule has 2 aromatic rings. The summed E-state index contributed by atoms with van der Waals surface area (Å²) in [6, 6.07) is 13.9. The summed E-state index contributed by atoms with van der Waals surface area (Å²) in [5.74, 6) is 3.77. The second-order valence-corrected chi connectivity index (χ2v) is 6.92. The van der Waals surface area contributed by atoms with E-state index in [2.05, 4.69) is 62.6 Å². The van der Waals surface area contributed by atoms with Gasteiger partial charge in [0.1, 0.15) is 41.4 Å². The van der Waals surface area contributed by atoms with Gasteiger partial charge in [0, 0.05) is 6.54 Å². The Kier molecular flexibility index (Phi) is 5.83. The maximum atomic E-state index is 5.22. The highest BCUT2D eigenvalue weighted by atomic mass is 16.3. The standard InChI is InChI=1S/C12H11N5.C10H9N5O/c1-2-4-9(5-3-1)6-13-11-10-12(15-7-14-10)17-8-16-11;1-2-7(16-3-1)4-11-9-8-10(13-5-12-8)15-6-14-9/h1-5,7-8H,6H2,(H2,13,14,15,16,17);1-3,5-6H,4H2,(H2,11,12,13,14,15). The number of aromatic amines is 2. The second-order valence-electron chi connectivity index (χ2n) is 6.92. The van der Waals surface area contributed by atoms with Crippen molar-refractivity contribution in [3.63, 3.8) is 0 Å². The normalized spacial score (nSPS) is 10.7. The highest BCUT2D eigenvalue weighted by Crippen LogP contribution is 2.22. The minimum Gasteiger partial charge on any atom is -0.467 e. The van der Waals surface area contributed by atoms with E-state index >= 15 is 0 Å². The molecule has 164 valence electrons. The van der Waals surface area contributed by atoms with E-state index in [1.54, 1.807) is 18.9 Å². The quantitative estimate of drug-likeness (QED) is 0.306. The fourth-order valence-electron chi connectivity index (χ4n) is 3.16. The minimum atomic E-state index is 0.593. The van der Waals surface area contributed by atoms with Crippen molar-refractivity contribution in [3.05, 3.63) is 85.4 Å². The lowest BCUT2D eigenvalue weighted by Gasteiger charge is -2.08. The first-order valence-corrected chi connectivity index (χ1v) is 10.2. The average Bonchev–Trinajstić information content (AvgIpc) is 3.64. The van der Waals surface area contributed by atoms with E-state index in [4.69, 9.17) is 4.42 Å². The smallest absolute Gasteiger partial charge is 0.184 e. The molecular weight excluding hydrogens is 420 g/mol. The van der Waals surface area contributed by atoms with E-state index in [1.165, 1.54) is 18.2 Å². The van der Waals surface area contributed by atoms with Crippen LogP contribution in [0.15, 0.2) is 78.5 Å². The van der Waals surface area contributed by atoms with Crippen LogP contribution in [0.3, 0.4) is 0 Å². The van der Waals surface area contributed by atoms with Gasteiger partial charge in [-0.05, 0) is 17.7 Å². The van der Waals surface area contributed by atoms with Crippen molar-refractivity contribution in [2.24, 2.45) is 0 Å². The van der Waals surface area contributed by atoms with Crippen LogP contribution in [-0.2, 0) is 13.1 Å². The third-order valence-electron chi connectivity index (χ3n) is 4.75. The number of furan rings is 1. The van der Waals surface area contributed by atoms with Crippen LogP contribution in [0.5, 0.6) is 0 Å². The minimum absolute atomic E-state index is 0.593. The maximum Gasteiger partial charge on any atom is 0.184 e. The Morgan fingerprint density at radius 1 is 0.667 bits per heavy atom. The van der Waals surface area contributed by atoms with E-state index in [0.717, 1.165) is 35.3 Å². The van der Waals surface area contributed by atoms with Crippen molar-refractivity contribution in [1.29, 1.82) is 0 Å². The van der Waals surface area contributed by atoms with E-state index in [1.807, 2.05) is 30.3 Å². The number of nitrogens with zero attached hydrogens (tertiary/aromatic N) is 6. The van der Waals surface area contributed by atoms with Crippen LogP contribution in [0.4, 0.5) is 11.6 Å². The maximum absolute atomic E-state index is 5.22. The zero-order valence-corrected chi connectivity index (χ0v) is 17.4. The van der Waals surface area contributed by atoms with Gasteiger partial charge in [0.2, 0.25) is 0 Å². The van der Waals surface area contributed by atoms with Crippen molar-refractivity contribution in [2.75, 3.05) is 10.6 Å². The van der Waals surface area contributed by atoms with Gasteiger partial charge in [-0.3, -0.25) is 0 Å². The van der Waals surface area contributed by atoms with Crippen molar-refractivity contribution in [3.8, 4) is 23.0 Å². The van der Waals surface area contributed by atoms with Gasteiger partial charge in [0.15, 0.2) is 11.6 Å². The van der Waals surface area contributed by atoms with Crippen molar-refractivity contribution < 1.29 is 4.42 Å². The molecule has 0 amide bonds. The van der Waals surface area contributed by atoms with Crippen molar-refractivity contribution in [1.82, 2.24) is 39.9 Å². The first-order valence-electron chi connectivity index (χ1n) is 10.2. The molecule has 6 rings (SSSR count). The molecule has 4 aliphatic rings. The molecule has 4 N–H and O–H groups in total. The molecule has 0 spiro atoms. The molecule has 0 bridgehead atoms. The van der Waals surface area contributed by atoms with Gasteiger partial charge in [0.05, 0.1) is 25.5 Å². The molecule has 0 atom stereocenters. The van der Waals surface area contributed by atoms with Gasteiger partial charge < -0.3 is 25.0 Å². The van der Waals surface area contributed by atoms with E-state index in [9.17, 15) is 0 Å². The molecule has 0 saturated carbocycles. The summed E-state index contributed by atoms with van der Waals surface area (Å²) in [7, 11) is 0. The topological polar surface area (TPSA) is 146 Å². The second kappa shape index (κ2) is 9.56. The summed E-state index contributed by atoms with van der Waals surface area (Å²) in [4.78, 5) is 30.5. The zero-order chi connectivity index (χ0) is 22.3. The highest BCUT2D eigenvalue weighted by molar-refractivity contribution is 5.66. The van der Waals surface area contributed by atoms with Crippen LogP contribution in [0.2, 0.25) is 0 Å². The van der Waals surface area contributed by atoms with E-state index in [0.29, 0.717) is 18.2 Å². The average molecular weight is 440 g/mol. The fraction of sp³-hybridized carbons (Fsp3) is 0.0909. The van der Waals surface area contributed by atoms with E-state index < -0.39 is 0 Å². The van der Waals surface area contributed by atoms with Gasteiger partial charge in [-0.25, -0.2) is 29.9 Å². The third kappa shape index (κ3) is 4.77. The lowest BCUT2D eigenvalue weighted by atomic mass is 10.2. The molecule has 1 aromatic heterocycles. The number of hydrogen-bond donors (Lipinski definition) is 4. The number of anilines is 2. The van der Waals surface area contributed by atoms with Crippen LogP contribution < -0.4 is 10.6 Å². The number of H-pyrrole nitrogens is 2. The molecule has 33 heavy (non-hydrogen) atoms. The molecule has 0 saturated heterocycles. The zero-order valence-electron chi connectivity index (χ0n) is 17.4. The fourth-order valence-corrected chi connectivity index (χ4v) is 3.16. The predicted octanol–water partition coefficient (Wildman–Crippen LogP) is 3.43. The summed E-state index contributed by atoms with van der Waals surface area (Å²) < 4.78 is 5.22. The molecule has 0 radical (unpaired) electrons. The number of aromatic nitrogens is 8. The molecule has 0 unspecified atom stereocenters. The number of benzene rings is 1. The number of rotatable bonds is 6. The summed E-state index contributed by atoms with van der Waals surface area (Å²) in [6.07, 6.45) is 7.85. The SMILES string of the molecule is c1ccc(CNc2[nH]cnc3ncnc2-3)cc1.c1coc(CNc2[nH]cnc3ncnc2-3)c1. The summed E-state index contributed by atoms with van der Waals surface area (Å²) >= 11 is 0. The molecule has 1 aromatic carbocycles. The molecule has 11 nitrogen and oxygen atoms in total. The Bertz CT molecular complexity index is 1330. The Hall–Kier alpha value is -4.80. The van der Waals surface area contributed by atoms with Crippen LogP contribution in [0, 0.1) is 0 Å². The Balaban J connectivity index is 0.000000139. The van der Waals surface area contributed by atoms with Gasteiger partial charge in [-0.15, -0.1) is 0 Å². The third-order valence-corrected chi connectivity index (χ3v) is 4.75. The van der Waals surface area contributed by atoms with Gasteiger partial charge >= 0.3 is 0 Å². The molecule has 4 aliphatic heterocycles. The summed E-state index contributed by atoms with van der Waals surface area (Å²) in [5, 5.41) is 6.48. The molecule has 5 heterocycles. The Morgan fingerprint density at radius 2 is 1.30 bits per heavy atom. The molecule has 11 heteroatoms. The van der Waals surface area contributed by atoms with Crippen LogP contribution in [0.1, 0.15) is 11.3 Å². The molecular formula is C22H20N10O. The van der Waals surface area contributed by atoms with Crippen LogP contribution >= 0.6 is 0 Å². The largest absolute Gasteiger partial charge is 0.467 e. The van der Waals surface area contributed by atoms with E-state index in [-0.39, 0.29) is 0 Å². The van der Waals surface area contributed by atoms with Crippen LogP contribution in [0.25, 0.3) is 23.0 Å². The number of fused-ring (bicyclic) bond motifs is 2. The number of hydrogen-bond acceptors (Lipinski definition) is 9. The molecule has 0 aliphatic carbocycles. The summed E-state index contributed by atoms with van der Waals surface area (Å²) in [6.45, 7) is 1.33. The predicted molar refractivity (Wildman–Crippen MR) is 121 cm³/mol. The van der Waals surface area contributed by atoms with Crippen LogP contribution in [-0.4, -0.2) is 39.9 Å². The lowest BCUT2D eigenvalue weighted by molar-refractivity contribution is 0.518. The van der Waals surface area contributed by atoms with Crippen molar-refractivity contribution in [2.45, 2.75) is 13.1 Å². The lowest BCUT2D eigenvalue weighted by Crippen LogP contribution is -2.04.